The van der Waals surface area contributed by atoms with Crippen LogP contribution in [0.2, 0.25) is 0 Å². The van der Waals surface area contributed by atoms with E-state index in [-0.39, 0.29) is 5.78 Å². The highest BCUT2D eigenvalue weighted by Crippen LogP contribution is 2.16. The maximum atomic E-state index is 11.2. The summed E-state index contributed by atoms with van der Waals surface area (Å²) in [4.78, 5) is 11.2. The molecule has 1 nitrogen and oxygen atoms in total. The van der Waals surface area contributed by atoms with E-state index >= 15 is 0 Å². The van der Waals surface area contributed by atoms with Crippen LogP contribution in [0.1, 0.15) is 40.5 Å². The van der Waals surface area contributed by atoms with Crippen LogP contribution < -0.4 is 0 Å². The molecule has 0 spiro atoms. The Balaban J connectivity index is 3.76. The Morgan fingerprint density at radius 1 is 1.33 bits per heavy atom. The predicted molar refractivity (Wildman–Crippen MR) is 53.1 cm³/mol. The van der Waals surface area contributed by atoms with Crippen molar-refractivity contribution < 1.29 is 4.79 Å². The molecule has 0 aromatic rings. The average Bonchev–Trinajstić information content (AvgIpc) is 1.84. The molecule has 0 saturated carbocycles. The van der Waals surface area contributed by atoms with Crippen LogP contribution in [0.15, 0.2) is 12.2 Å². The molecular formula is C11H20O. The van der Waals surface area contributed by atoms with Gasteiger partial charge in [0.1, 0.15) is 0 Å². The number of carbonyl (C=O) groups excluding carboxylic acids is 1. The second-order valence-corrected chi connectivity index (χ2v) is 4.14. The lowest BCUT2D eigenvalue weighted by atomic mass is 9.93. The Hall–Kier alpha value is -0.590. The molecule has 0 bridgehead atoms. The van der Waals surface area contributed by atoms with Gasteiger partial charge < -0.3 is 0 Å². The summed E-state index contributed by atoms with van der Waals surface area (Å²) in [6.45, 7) is 11.9. The molecule has 0 aromatic carbocycles. The normalized spacial score (nSPS) is 13.1. The Bertz CT molecular complexity index is 168. The van der Waals surface area contributed by atoms with Gasteiger partial charge in [0.25, 0.3) is 0 Å². The third kappa shape index (κ3) is 5.11. The predicted octanol–water partition coefficient (Wildman–Crippen LogP) is 3.20. The summed E-state index contributed by atoms with van der Waals surface area (Å²) in [5.41, 5.74) is 0.686. The van der Waals surface area contributed by atoms with Crippen LogP contribution in [0, 0.1) is 11.8 Å². The van der Waals surface area contributed by atoms with Crippen molar-refractivity contribution in [1.29, 1.82) is 0 Å². The first-order valence-corrected chi connectivity index (χ1v) is 4.62. The van der Waals surface area contributed by atoms with Crippen LogP contribution in [0.25, 0.3) is 0 Å². The highest BCUT2D eigenvalue weighted by Gasteiger charge is 2.10. The summed E-state index contributed by atoms with van der Waals surface area (Å²) < 4.78 is 0. The molecule has 0 radical (unpaired) electrons. The van der Waals surface area contributed by atoms with Crippen LogP contribution in [-0.4, -0.2) is 5.78 Å². The molecule has 1 atom stereocenters. The fourth-order valence-corrected chi connectivity index (χ4v) is 1.38. The van der Waals surface area contributed by atoms with E-state index in [1.165, 1.54) is 0 Å². The average molecular weight is 168 g/mol. The second kappa shape index (κ2) is 5.13. The number of Topliss-reactive ketones (excluding diaryl/α,β-unsaturated/α-hetero) is 1. The standard InChI is InChI=1S/C11H20O/c1-8(2)6-10(5)7-11(12)9(3)4/h8,10H,3,6-7H2,1-2,4-5H3. The summed E-state index contributed by atoms with van der Waals surface area (Å²) in [6.07, 6.45) is 1.78. The molecule has 1 unspecified atom stereocenters. The molecule has 0 aromatic heterocycles. The third-order valence-corrected chi connectivity index (χ3v) is 1.88. The molecule has 0 aliphatic rings. The Morgan fingerprint density at radius 3 is 2.17 bits per heavy atom. The molecule has 0 N–H and O–H groups in total. The van der Waals surface area contributed by atoms with Gasteiger partial charge in [-0.2, -0.15) is 0 Å². The first-order valence-electron chi connectivity index (χ1n) is 4.62. The van der Waals surface area contributed by atoms with Gasteiger partial charge in [-0.3, -0.25) is 4.79 Å². The first-order chi connectivity index (χ1) is 5.43. The zero-order valence-corrected chi connectivity index (χ0v) is 8.68. The van der Waals surface area contributed by atoms with Crippen molar-refractivity contribution in [1.82, 2.24) is 0 Å². The number of allylic oxidation sites excluding steroid dienone is 1. The lowest BCUT2D eigenvalue weighted by molar-refractivity contribution is -0.116. The quantitative estimate of drug-likeness (QED) is 0.576. The number of ketones is 1. The van der Waals surface area contributed by atoms with Crippen LogP contribution in [0.5, 0.6) is 0 Å². The van der Waals surface area contributed by atoms with Crippen molar-refractivity contribution in [2.45, 2.75) is 40.5 Å². The molecule has 70 valence electrons. The van der Waals surface area contributed by atoms with E-state index in [4.69, 9.17) is 0 Å². The van der Waals surface area contributed by atoms with Gasteiger partial charge in [0.2, 0.25) is 0 Å². The molecule has 0 aliphatic carbocycles. The molecule has 0 heterocycles. The van der Waals surface area contributed by atoms with E-state index in [2.05, 4.69) is 27.4 Å². The first kappa shape index (κ1) is 11.4. The number of hydrogen-bond acceptors (Lipinski definition) is 1. The lowest BCUT2D eigenvalue weighted by Gasteiger charge is -2.12. The monoisotopic (exact) mass is 168 g/mol. The van der Waals surface area contributed by atoms with E-state index < -0.39 is 0 Å². The van der Waals surface area contributed by atoms with Crippen LogP contribution >= 0.6 is 0 Å². The summed E-state index contributed by atoms with van der Waals surface area (Å²) in [7, 11) is 0. The lowest BCUT2D eigenvalue weighted by Crippen LogP contribution is -2.08. The summed E-state index contributed by atoms with van der Waals surface area (Å²) in [5, 5.41) is 0. The fraction of sp³-hybridized carbons (Fsp3) is 0.727. The molecule has 0 aliphatic heterocycles. The fourth-order valence-electron chi connectivity index (χ4n) is 1.38. The van der Waals surface area contributed by atoms with Crippen molar-refractivity contribution in [3.05, 3.63) is 12.2 Å². The highest BCUT2D eigenvalue weighted by molar-refractivity contribution is 5.94. The van der Waals surface area contributed by atoms with E-state index in [0.29, 0.717) is 23.8 Å². The molecule has 0 amide bonds. The van der Waals surface area contributed by atoms with Gasteiger partial charge in [0.05, 0.1) is 0 Å². The van der Waals surface area contributed by atoms with Crippen LogP contribution in [-0.2, 0) is 4.79 Å². The minimum absolute atomic E-state index is 0.211. The molecule has 0 rings (SSSR count). The minimum Gasteiger partial charge on any atom is -0.295 e. The topological polar surface area (TPSA) is 17.1 Å². The van der Waals surface area contributed by atoms with Gasteiger partial charge in [-0.15, -0.1) is 0 Å². The second-order valence-electron chi connectivity index (χ2n) is 4.14. The Morgan fingerprint density at radius 2 is 1.83 bits per heavy atom. The van der Waals surface area contributed by atoms with Gasteiger partial charge >= 0.3 is 0 Å². The van der Waals surface area contributed by atoms with Gasteiger partial charge in [-0.25, -0.2) is 0 Å². The van der Waals surface area contributed by atoms with E-state index in [9.17, 15) is 4.79 Å². The smallest absolute Gasteiger partial charge is 0.158 e. The van der Waals surface area contributed by atoms with Crippen molar-refractivity contribution in [2.75, 3.05) is 0 Å². The van der Waals surface area contributed by atoms with Gasteiger partial charge in [0, 0.05) is 6.42 Å². The van der Waals surface area contributed by atoms with Crippen molar-refractivity contribution in [3.63, 3.8) is 0 Å². The zero-order chi connectivity index (χ0) is 9.72. The summed E-state index contributed by atoms with van der Waals surface area (Å²) >= 11 is 0. The van der Waals surface area contributed by atoms with Crippen molar-refractivity contribution in [3.8, 4) is 0 Å². The molecule has 12 heavy (non-hydrogen) atoms. The number of hydrogen-bond donors (Lipinski definition) is 0. The van der Waals surface area contributed by atoms with E-state index in [0.717, 1.165) is 6.42 Å². The van der Waals surface area contributed by atoms with Crippen LogP contribution in [0.4, 0.5) is 0 Å². The highest BCUT2D eigenvalue weighted by atomic mass is 16.1. The van der Waals surface area contributed by atoms with Gasteiger partial charge in [0.15, 0.2) is 5.78 Å². The van der Waals surface area contributed by atoms with E-state index in [1.807, 2.05) is 0 Å². The molecule has 1 heteroatoms. The molecule has 0 saturated heterocycles. The van der Waals surface area contributed by atoms with Gasteiger partial charge in [-0.05, 0) is 30.8 Å². The minimum atomic E-state index is 0.211. The third-order valence-electron chi connectivity index (χ3n) is 1.88. The molecular weight excluding hydrogens is 148 g/mol. The number of rotatable bonds is 5. The van der Waals surface area contributed by atoms with Crippen molar-refractivity contribution >= 4 is 5.78 Å². The summed E-state index contributed by atoms with van der Waals surface area (Å²) in [5.74, 6) is 1.38. The maximum absolute atomic E-state index is 11.2. The summed E-state index contributed by atoms with van der Waals surface area (Å²) in [6, 6.07) is 0. The zero-order valence-electron chi connectivity index (χ0n) is 8.68. The largest absolute Gasteiger partial charge is 0.295 e. The van der Waals surface area contributed by atoms with E-state index in [1.54, 1.807) is 6.92 Å². The maximum Gasteiger partial charge on any atom is 0.158 e. The van der Waals surface area contributed by atoms with Crippen molar-refractivity contribution in [2.24, 2.45) is 11.8 Å². The molecule has 0 fully saturated rings. The van der Waals surface area contributed by atoms with Gasteiger partial charge in [-0.1, -0.05) is 27.4 Å². The van der Waals surface area contributed by atoms with Crippen LogP contribution in [0.3, 0.4) is 0 Å². The SMILES string of the molecule is C=C(C)C(=O)CC(C)CC(C)C. The Labute approximate surface area is 75.9 Å². The number of carbonyl (C=O) groups is 1. The Kier molecular flexibility index (Phi) is 4.87.